The third kappa shape index (κ3) is 3.16. The van der Waals surface area contributed by atoms with Gasteiger partial charge in [-0.25, -0.2) is 19.4 Å². The van der Waals surface area contributed by atoms with E-state index in [1.165, 1.54) is 6.20 Å². The van der Waals surface area contributed by atoms with Gasteiger partial charge >= 0.3 is 0 Å². The molecule has 2 aromatic heterocycles. The first-order valence-corrected chi connectivity index (χ1v) is 10.0. The first-order valence-electron chi connectivity index (χ1n) is 8.14. The van der Waals surface area contributed by atoms with Gasteiger partial charge in [0.2, 0.25) is 5.95 Å². The van der Waals surface area contributed by atoms with Gasteiger partial charge in [-0.05, 0) is 5.92 Å². The SMILES string of the molecule is CC(C)c1nc(N2C[C@H]3CSC(N)=N[C@@]3(c3cncs3)C2)ncc1F.Cl. The number of nitrogens with zero attached hydrogens (tertiary/aromatic N) is 5. The third-order valence-electron chi connectivity index (χ3n) is 4.74. The van der Waals surface area contributed by atoms with Gasteiger partial charge < -0.3 is 10.6 Å². The molecule has 1 fully saturated rings. The predicted molar refractivity (Wildman–Crippen MR) is 107 cm³/mol. The first kappa shape index (κ1) is 19.3. The summed E-state index contributed by atoms with van der Waals surface area (Å²) in [6.45, 7) is 5.26. The summed E-state index contributed by atoms with van der Waals surface area (Å²) in [7, 11) is 0. The molecule has 0 amide bonds. The fraction of sp³-hybridized carbons (Fsp3) is 0.500. The molecule has 4 rings (SSSR count). The van der Waals surface area contributed by atoms with Crippen LogP contribution in [0.4, 0.5) is 10.3 Å². The van der Waals surface area contributed by atoms with Crippen LogP contribution >= 0.6 is 35.5 Å². The molecule has 2 atom stereocenters. The summed E-state index contributed by atoms with van der Waals surface area (Å²) in [5.74, 6) is 1.39. The number of amidine groups is 1. The van der Waals surface area contributed by atoms with Crippen LogP contribution in [0.25, 0.3) is 0 Å². The number of thiazole rings is 1. The highest BCUT2D eigenvalue weighted by Crippen LogP contribution is 2.47. The maximum Gasteiger partial charge on any atom is 0.225 e. The highest BCUT2D eigenvalue weighted by Gasteiger charge is 2.51. The molecule has 4 heterocycles. The Morgan fingerprint density at radius 3 is 2.88 bits per heavy atom. The Labute approximate surface area is 165 Å². The molecule has 2 aromatic rings. The van der Waals surface area contributed by atoms with Gasteiger partial charge in [0.05, 0.1) is 28.8 Å². The van der Waals surface area contributed by atoms with Gasteiger partial charge in [0.25, 0.3) is 0 Å². The van der Waals surface area contributed by atoms with Gasteiger partial charge in [0, 0.05) is 24.4 Å². The Bertz CT molecular complexity index is 815. The summed E-state index contributed by atoms with van der Waals surface area (Å²) in [5.41, 5.74) is 7.91. The van der Waals surface area contributed by atoms with E-state index in [0.29, 0.717) is 29.3 Å². The molecule has 2 aliphatic heterocycles. The Balaban J connectivity index is 0.00000196. The standard InChI is InChI=1S/C16H19FN6S2.ClH/c1-9(2)13-11(17)3-20-15(21-13)23-5-10-6-24-14(18)22-16(10,7-23)12-4-19-8-25-12;/h3-4,8-10H,5-7H2,1-2H3,(H2,18,22);1H/t10-,16-;/m0./s1. The second-order valence-corrected chi connectivity index (χ2v) is 8.61. The normalized spacial score (nSPS) is 25.0. The minimum Gasteiger partial charge on any atom is -0.379 e. The van der Waals surface area contributed by atoms with Gasteiger partial charge in [-0.15, -0.1) is 23.7 Å². The molecule has 2 N–H and O–H groups in total. The van der Waals surface area contributed by atoms with E-state index in [4.69, 9.17) is 10.7 Å². The van der Waals surface area contributed by atoms with E-state index in [9.17, 15) is 4.39 Å². The molecule has 0 aliphatic carbocycles. The number of rotatable bonds is 3. The van der Waals surface area contributed by atoms with E-state index < -0.39 is 5.54 Å². The van der Waals surface area contributed by atoms with Crippen LogP contribution in [0.3, 0.4) is 0 Å². The summed E-state index contributed by atoms with van der Waals surface area (Å²) in [4.78, 5) is 21.0. The summed E-state index contributed by atoms with van der Waals surface area (Å²) < 4.78 is 14.0. The highest BCUT2D eigenvalue weighted by molar-refractivity contribution is 8.13. The topological polar surface area (TPSA) is 80.3 Å². The van der Waals surface area contributed by atoms with Crippen molar-refractivity contribution >= 4 is 46.6 Å². The minimum absolute atomic E-state index is 0. The lowest BCUT2D eigenvalue weighted by atomic mass is 9.87. The summed E-state index contributed by atoms with van der Waals surface area (Å²) in [5, 5.41) is 0.606. The van der Waals surface area contributed by atoms with Crippen LogP contribution in [0, 0.1) is 11.7 Å². The van der Waals surface area contributed by atoms with Crippen molar-refractivity contribution in [2.45, 2.75) is 25.3 Å². The molecule has 26 heavy (non-hydrogen) atoms. The fourth-order valence-corrected chi connectivity index (χ4v) is 5.30. The van der Waals surface area contributed by atoms with Crippen molar-refractivity contribution in [2.24, 2.45) is 16.6 Å². The maximum absolute atomic E-state index is 14.0. The largest absolute Gasteiger partial charge is 0.379 e. The van der Waals surface area contributed by atoms with Gasteiger partial charge in [0.1, 0.15) is 5.54 Å². The molecule has 0 saturated carbocycles. The number of aromatic nitrogens is 3. The lowest BCUT2D eigenvalue weighted by Crippen LogP contribution is -2.39. The van der Waals surface area contributed by atoms with Crippen LogP contribution in [-0.4, -0.2) is 39.0 Å². The van der Waals surface area contributed by atoms with Gasteiger partial charge in [-0.3, -0.25) is 4.98 Å². The fourth-order valence-electron chi connectivity index (χ4n) is 3.48. The highest BCUT2D eigenvalue weighted by atomic mass is 35.5. The van der Waals surface area contributed by atoms with Crippen LogP contribution in [0.15, 0.2) is 22.9 Å². The number of hydrogen-bond donors (Lipinski definition) is 1. The molecule has 0 bridgehead atoms. The van der Waals surface area contributed by atoms with E-state index in [1.54, 1.807) is 23.1 Å². The van der Waals surface area contributed by atoms with Crippen molar-refractivity contribution in [3.63, 3.8) is 0 Å². The van der Waals surface area contributed by atoms with Crippen molar-refractivity contribution in [1.82, 2.24) is 15.0 Å². The molecular formula is C16H20ClFN6S2. The zero-order chi connectivity index (χ0) is 17.6. The molecule has 2 aliphatic rings. The average molecular weight is 415 g/mol. The molecule has 1 saturated heterocycles. The molecular weight excluding hydrogens is 395 g/mol. The first-order chi connectivity index (χ1) is 12.0. The van der Waals surface area contributed by atoms with E-state index in [-0.39, 0.29) is 24.1 Å². The monoisotopic (exact) mass is 414 g/mol. The molecule has 0 spiro atoms. The molecule has 0 unspecified atom stereocenters. The number of hydrogen-bond acceptors (Lipinski definition) is 8. The van der Waals surface area contributed by atoms with Gasteiger partial charge in [-0.2, -0.15) is 0 Å². The number of fused-ring (bicyclic) bond motifs is 1. The van der Waals surface area contributed by atoms with Crippen LogP contribution in [0.5, 0.6) is 0 Å². The minimum atomic E-state index is -0.410. The predicted octanol–water partition coefficient (Wildman–Crippen LogP) is 3.01. The molecule has 0 radical (unpaired) electrons. The summed E-state index contributed by atoms with van der Waals surface area (Å²) in [6.07, 6.45) is 3.14. The number of aliphatic imine (C=N–C) groups is 1. The Kier molecular flexibility index (Phi) is 5.41. The zero-order valence-electron chi connectivity index (χ0n) is 14.4. The van der Waals surface area contributed by atoms with E-state index in [0.717, 1.165) is 17.2 Å². The average Bonchev–Trinajstić information content (AvgIpc) is 3.22. The molecule has 10 heteroatoms. The lowest BCUT2D eigenvalue weighted by molar-refractivity contribution is 0.394. The van der Waals surface area contributed by atoms with Gasteiger partial charge in [0.15, 0.2) is 11.0 Å². The van der Waals surface area contributed by atoms with E-state index in [2.05, 4.69) is 19.9 Å². The Hall–Kier alpha value is -1.45. The summed E-state index contributed by atoms with van der Waals surface area (Å²) >= 11 is 3.18. The molecule has 6 nitrogen and oxygen atoms in total. The van der Waals surface area contributed by atoms with Crippen molar-refractivity contribution in [2.75, 3.05) is 23.7 Å². The zero-order valence-corrected chi connectivity index (χ0v) is 16.9. The number of nitrogens with two attached hydrogens (primary N) is 1. The molecule has 0 aromatic carbocycles. The number of thioether (sulfide) groups is 1. The lowest BCUT2D eigenvalue weighted by Gasteiger charge is -2.32. The summed E-state index contributed by atoms with van der Waals surface area (Å²) in [6, 6.07) is 0. The van der Waals surface area contributed by atoms with Crippen LogP contribution in [0.1, 0.15) is 30.3 Å². The smallest absolute Gasteiger partial charge is 0.225 e. The van der Waals surface area contributed by atoms with Gasteiger partial charge in [-0.1, -0.05) is 25.6 Å². The van der Waals surface area contributed by atoms with E-state index in [1.807, 2.05) is 25.6 Å². The number of anilines is 1. The van der Waals surface area contributed by atoms with Crippen molar-refractivity contribution in [3.05, 3.63) is 34.3 Å². The third-order valence-corrected chi connectivity index (χ3v) is 6.63. The van der Waals surface area contributed by atoms with Crippen LogP contribution in [-0.2, 0) is 5.54 Å². The van der Waals surface area contributed by atoms with Crippen molar-refractivity contribution in [3.8, 4) is 0 Å². The second kappa shape index (κ2) is 7.28. The Morgan fingerprint density at radius 2 is 2.19 bits per heavy atom. The van der Waals surface area contributed by atoms with Crippen LogP contribution < -0.4 is 10.6 Å². The second-order valence-electron chi connectivity index (χ2n) is 6.69. The van der Waals surface area contributed by atoms with E-state index >= 15 is 0 Å². The van der Waals surface area contributed by atoms with Crippen LogP contribution in [0.2, 0.25) is 0 Å². The van der Waals surface area contributed by atoms with Crippen molar-refractivity contribution in [1.29, 1.82) is 0 Å². The van der Waals surface area contributed by atoms with Crippen molar-refractivity contribution < 1.29 is 4.39 Å². The maximum atomic E-state index is 14.0. The Morgan fingerprint density at radius 1 is 1.38 bits per heavy atom. The quantitative estimate of drug-likeness (QED) is 0.831. The molecule has 140 valence electrons. The number of halogens is 2.